The number of esters is 1. The summed E-state index contributed by atoms with van der Waals surface area (Å²) in [4.78, 5) is 36.1. The molecule has 1 fully saturated rings. The third-order valence-electron chi connectivity index (χ3n) is 3.58. The van der Waals surface area contributed by atoms with E-state index in [4.69, 9.17) is 4.74 Å². The van der Waals surface area contributed by atoms with E-state index in [9.17, 15) is 19.5 Å². The van der Waals surface area contributed by atoms with E-state index in [0.717, 1.165) is 0 Å². The summed E-state index contributed by atoms with van der Waals surface area (Å²) in [7, 11) is 1.20. The third kappa shape index (κ3) is 1.76. The van der Waals surface area contributed by atoms with Crippen molar-refractivity contribution in [3.63, 3.8) is 0 Å². The van der Waals surface area contributed by atoms with Crippen molar-refractivity contribution in [2.45, 2.75) is 39.7 Å². The summed E-state index contributed by atoms with van der Waals surface area (Å²) in [6.45, 7) is 6.80. The van der Waals surface area contributed by atoms with Gasteiger partial charge >= 0.3 is 12.1 Å². The van der Waals surface area contributed by atoms with Crippen LogP contribution < -0.4 is 0 Å². The number of carbonyl (C=O) groups is 3. The van der Waals surface area contributed by atoms with E-state index in [-0.39, 0.29) is 6.42 Å². The van der Waals surface area contributed by atoms with Crippen LogP contribution in [0.5, 0.6) is 0 Å². The zero-order valence-corrected chi connectivity index (χ0v) is 11.3. The van der Waals surface area contributed by atoms with Crippen molar-refractivity contribution in [1.82, 2.24) is 4.90 Å². The number of hydrogen-bond donors (Lipinski definition) is 1. The Morgan fingerprint density at radius 1 is 1.44 bits per heavy atom. The minimum absolute atomic E-state index is 0.147. The Morgan fingerprint density at radius 2 is 1.94 bits per heavy atom. The summed E-state index contributed by atoms with van der Waals surface area (Å²) >= 11 is 0. The Bertz CT molecular complexity index is 398. The molecule has 0 bridgehead atoms. The average Bonchev–Trinajstić information content (AvgIpc) is 2.50. The largest absolute Gasteiger partial charge is 0.467 e. The first kappa shape index (κ1) is 14.5. The molecule has 2 amide bonds. The molecule has 1 aliphatic heterocycles. The van der Waals surface area contributed by atoms with Crippen molar-refractivity contribution in [2.24, 2.45) is 11.3 Å². The minimum atomic E-state index is -1.45. The molecule has 1 heterocycles. The van der Waals surface area contributed by atoms with Gasteiger partial charge in [0.05, 0.1) is 7.11 Å². The topological polar surface area (TPSA) is 83.9 Å². The Morgan fingerprint density at radius 3 is 2.28 bits per heavy atom. The molecule has 1 saturated heterocycles. The van der Waals surface area contributed by atoms with Crippen molar-refractivity contribution in [3.8, 4) is 0 Å². The van der Waals surface area contributed by atoms with E-state index >= 15 is 0 Å². The molecule has 0 saturated carbocycles. The maximum absolute atomic E-state index is 12.1. The first-order valence-electron chi connectivity index (χ1n) is 5.75. The lowest BCUT2D eigenvalue weighted by Gasteiger charge is -2.42. The van der Waals surface area contributed by atoms with Crippen molar-refractivity contribution in [2.75, 3.05) is 7.11 Å². The van der Waals surface area contributed by atoms with Gasteiger partial charge in [-0.25, -0.2) is 14.5 Å². The number of imide groups is 1. The summed E-state index contributed by atoms with van der Waals surface area (Å²) in [5, 5.41) is 9.24. The molecule has 102 valence electrons. The number of carboxylic acid groups (broad SMARTS) is 1. The van der Waals surface area contributed by atoms with Crippen LogP contribution in [0.25, 0.3) is 0 Å². The molecular weight excluding hydrogens is 238 g/mol. The molecule has 0 aromatic heterocycles. The molecule has 0 aromatic carbocycles. The van der Waals surface area contributed by atoms with Gasteiger partial charge in [-0.15, -0.1) is 0 Å². The Kier molecular flexibility index (Phi) is 3.42. The molecule has 0 aliphatic carbocycles. The zero-order valence-electron chi connectivity index (χ0n) is 11.3. The number of rotatable bonds is 1. The molecule has 0 radical (unpaired) electrons. The van der Waals surface area contributed by atoms with Crippen LogP contribution in [0.4, 0.5) is 4.79 Å². The highest BCUT2D eigenvalue weighted by atomic mass is 16.5. The highest BCUT2D eigenvalue weighted by molar-refractivity contribution is 6.02. The predicted octanol–water partition coefficient (Wildman–Crippen LogP) is 1.49. The summed E-state index contributed by atoms with van der Waals surface area (Å²) in [5.41, 5.74) is -2.19. The SMILES string of the molecule is COC(=O)[C@@]1(C(C)(C)C)C[C@H](C)C(=O)N1C(=O)O. The molecule has 1 aliphatic rings. The van der Waals surface area contributed by atoms with Crippen molar-refractivity contribution < 1.29 is 24.2 Å². The lowest BCUT2D eigenvalue weighted by Crippen LogP contribution is -2.62. The normalized spacial score (nSPS) is 28.4. The van der Waals surface area contributed by atoms with Crippen molar-refractivity contribution in [3.05, 3.63) is 0 Å². The second-order valence-corrected chi connectivity index (χ2v) is 5.66. The van der Waals surface area contributed by atoms with Gasteiger partial charge in [0.1, 0.15) is 0 Å². The Balaban J connectivity index is 3.47. The Labute approximate surface area is 106 Å². The minimum Gasteiger partial charge on any atom is -0.467 e. The van der Waals surface area contributed by atoms with Crippen LogP contribution in [0, 0.1) is 11.3 Å². The van der Waals surface area contributed by atoms with Gasteiger partial charge in [0.2, 0.25) is 5.91 Å². The van der Waals surface area contributed by atoms with Gasteiger partial charge in [-0.2, -0.15) is 0 Å². The monoisotopic (exact) mass is 257 g/mol. The lowest BCUT2D eigenvalue weighted by molar-refractivity contribution is -0.162. The van der Waals surface area contributed by atoms with E-state index < -0.39 is 34.8 Å². The summed E-state index contributed by atoms with van der Waals surface area (Å²) < 4.78 is 4.74. The number of nitrogens with zero attached hydrogens (tertiary/aromatic N) is 1. The van der Waals surface area contributed by atoms with Crippen LogP contribution in [0.1, 0.15) is 34.1 Å². The van der Waals surface area contributed by atoms with E-state index in [0.29, 0.717) is 4.90 Å². The summed E-state index contributed by atoms with van der Waals surface area (Å²) in [6.07, 6.45) is -1.27. The second-order valence-electron chi connectivity index (χ2n) is 5.66. The van der Waals surface area contributed by atoms with E-state index in [1.165, 1.54) is 7.11 Å². The maximum Gasteiger partial charge on any atom is 0.415 e. The van der Waals surface area contributed by atoms with Gasteiger partial charge in [0, 0.05) is 5.92 Å². The van der Waals surface area contributed by atoms with E-state index in [2.05, 4.69) is 0 Å². The molecule has 18 heavy (non-hydrogen) atoms. The Hall–Kier alpha value is -1.59. The van der Waals surface area contributed by atoms with Crippen LogP contribution in [0.3, 0.4) is 0 Å². The number of ether oxygens (including phenoxy) is 1. The average molecular weight is 257 g/mol. The van der Waals surface area contributed by atoms with Crippen LogP contribution >= 0.6 is 0 Å². The van der Waals surface area contributed by atoms with Crippen molar-refractivity contribution >= 4 is 18.0 Å². The van der Waals surface area contributed by atoms with Crippen LogP contribution in [0.2, 0.25) is 0 Å². The molecule has 0 unspecified atom stereocenters. The molecule has 1 N–H and O–H groups in total. The van der Waals surface area contributed by atoms with Crippen LogP contribution in [0.15, 0.2) is 0 Å². The fourth-order valence-electron chi connectivity index (χ4n) is 2.58. The fourth-order valence-corrected chi connectivity index (χ4v) is 2.58. The van der Waals surface area contributed by atoms with Gasteiger partial charge in [0.25, 0.3) is 0 Å². The van der Waals surface area contributed by atoms with Crippen LogP contribution in [-0.2, 0) is 14.3 Å². The quantitative estimate of drug-likeness (QED) is 0.719. The highest BCUT2D eigenvalue weighted by Crippen LogP contribution is 2.47. The molecule has 2 atom stereocenters. The van der Waals surface area contributed by atoms with E-state index in [1.807, 2.05) is 0 Å². The molecule has 6 nitrogen and oxygen atoms in total. The van der Waals surface area contributed by atoms with Gasteiger partial charge in [-0.05, 0) is 11.8 Å². The smallest absolute Gasteiger partial charge is 0.415 e. The number of methoxy groups -OCH3 is 1. The standard InChI is InChI=1S/C12H19NO5/c1-7-6-12(9(15)18-5,11(2,3)4)13(8(7)14)10(16)17/h7H,6H2,1-5H3,(H,16,17)/t7-,12+/m0/s1. The number of likely N-dealkylation sites (tertiary alicyclic amines) is 1. The van der Waals surface area contributed by atoms with Crippen molar-refractivity contribution in [1.29, 1.82) is 0 Å². The molecule has 1 rings (SSSR count). The number of hydrogen-bond acceptors (Lipinski definition) is 4. The van der Waals surface area contributed by atoms with Gasteiger partial charge < -0.3 is 9.84 Å². The van der Waals surface area contributed by atoms with Gasteiger partial charge in [-0.3, -0.25) is 4.79 Å². The van der Waals surface area contributed by atoms with Gasteiger partial charge in [0.15, 0.2) is 5.54 Å². The first-order chi connectivity index (χ1) is 8.09. The summed E-state index contributed by atoms with van der Waals surface area (Å²) in [5.74, 6) is -1.75. The summed E-state index contributed by atoms with van der Waals surface area (Å²) in [6, 6.07) is 0. The molecule has 0 spiro atoms. The van der Waals surface area contributed by atoms with E-state index in [1.54, 1.807) is 27.7 Å². The second kappa shape index (κ2) is 4.26. The van der Waals surface area contributed by atoms with Crippen LogP contribution in [-0.4, -0.2) is 40.6 Å². The number of carbonyl (C=O) groups excluding carboxylic acids is 2. The molecule has 0 aromatic rings. The lowest BCUT2D eigenvalue weighted by atomic mass is 9.71. The first-order valence-corrected chi connectivity index (χ1v) is 5.75. The van der Waals surface area contributed by atoms with Gasteiger partial charge in [-0.1, -0.05) is 27.7 Å². The third-order valence-corrected chi connectivity index (χ3v) is 3.58. The fraction of sp³-hybridized carbons (Fsp3) is 0.750. The number of amides is 2. The molecule has 6 heteroatoms. The zero-order chi connectivity index (χ0) is 14.3. The predicted molar refractivity (Wildman–Crippen MR) is 62.9 cm³/mol. The highest BCUT2D eigenvalue weighted by Gasteiger charge is 2.64. The molecular formula is C12H19NO5. The maximum atomic E-state index is 12.1.